The Morgan fingerprint density at radius 3 is 2.38 bits per heavy atom. The number of hydrogen-bond acceptors (Lipinski definition) is 2. The molecule has 0 unspecified atom stereocenters. The molecule has 0 aliphatic carbocycles. The molecule has 3 aromatic heterocycles. The number of pyridine rings is 2. The molecular weight excluding hydrogens is 258 g/mol. The van der Waals surface area contributed by atoms with E-state index in [-0.39, 0.29) is 0 Å². The Morgan fingerprint density at radius 2 is 1.57 bits per heavy atom. The van der Waals surface area contributed by atoms with E-state index in [1.807, 2.05) is 54.7 Å². The summed E-state index contributed by atoms with van der Waals surface area (Å²) in [6.07, 6.45) is 3.82. The van der Waals surface area contributed by atoms with Crippen molar-refractivity contribution < 1.29 is 0 Å². The van der Waals surface area contributed by atoms with Crippen LogP contribution in [-0.2, 0) is 0 Å². The third-order valence-electron chi connectivity index (χ3n) is 3.49. The highest BCUT2D eigenvalue weighted by Gasteiger charge is 2.13. The molecule has 1 aromatic carbocycles. The maximum Gasteiger partial charge on any atom is 0.163 e. The average Bonchev–Trinajstić information content (AvgIpc) is 2.96. The minimum Gasteiger partial charge on any atom is -0.298 e. The Balaban J connectivity index is 2.02. The van der Waals surface area contributed by atoms with Crippen LogP contribution >= 0.6 is 0 Å². The fraction of sp³-hybridized carbons (Fsp3) is 0. The highest BCUT2D eigenvalue weighted by Crippen LogP contribution is 2.28. The first-order valence-corrected chi connectivity index (χ1v) is 6.87. The zero-order valence-corrected chi connectivity index (χ0v) is 11.3. The first kappa shape index (κ1) is 11.9. The lowest BCUT2D eigenvalue weighted by molar-refractivity contribution is 1.13. The van der Waals surface area contributed by atoms with Gasteiger partial charge in [0.2, 0.25) is 0 Å². The molecule has 0 amide bonds. The SMILES string of the molecule is c1ccc(-c2nc(-c3ccccn3)n3ccccc23)cc1. The van der Waals surface area contributed by atoms with Crippen molar-refractivity contribution in [2.45, 2.75) is 0 Å². The Morgan fingerprint density at radius 1 is 0.762 bits per heavy atom. The lowest BCUT2D eigenvalue weighted by Crippen LogP contribution is -1.90. The Kier molecular flexibility index (Phi) is 2.75. The monoisotopic (exact) mass is 271 g/mol. The van der Waals surface area contributed by atoms with E-state index >= 15 is 0 Å². The predicted molar refractivity (Wildman–Crippen MR) is 83.9 cm³/mol. The van der Waals surface area contributed by atoms with Gasteiger partial charge in [-0.15, -0.1) is 0 Å². The molecule has 0 bridgehead atoms. The van der Waals surface area contributed by atoms with E-state index in [1.54, 1.807) is 6.20 Å². The summed E-state index contributed by atoms with van der Waals surface area (Å²) in [6.45, 7) is 0. The van der Waals surface area contributed by atoms with Gasteiger partial charge in [-0.2, -0.15) is 0 Å². The van der Waals surface area contributed by atoms with Gasteiger partial charge in [-0.25, -0.2) is 4.98 Å². The average molecular weight is 271 g/mol. The molecule has 3 heteroatoms. The van der Waals surface area contributed by atoms with Crippen molar-refractivity contribution in [3.05, 3.63) is 79.1 Å². The summed E-state index contributed by atoms with van der Waals surface area (Å²) in [6, 6.07) is 22.2. The molecule has 0 spiro atoms. The van der Waals surface area contributed by atoms with Gasteiger partial charge in [0.05, 0.1) is 11.2 Å². The second kappa shape index (κ2) is 4.87. The second-order valence-electron chi connectivity index (χ2n) is 4.82. The van der Waals surface area contributed by atoms with Gasteiger partial charge in [0, 0.05) is 18.0 Å². The third kappa shape index (κ3) is 1.99. The lowest BCUT2D eigenvalue weighted by atomic mass is 10.1. The van der Waals surface area contributed by atoms with Crippen LogP contribution in [0.25, 0.3) is 28.3 Å². The van der Waals surface area contributed by atoms with Gasteiger partial charge in [0.25, 0.3) is 0 Å². The van der Waals surface area contributed by atoms with Crippen LogP contribution in [0.5, 0.6) is 0 Å². The lowest BCUT2D eigenvalue weighted by Gasteiger charge is -1.99. The van der Waals surface area contributed by atoms with Gasteiger partial charge in [-0.05, 0) is 24.3 Å². The van der Waals surface area contributed by atoms with E-state index in [0.717, 1.165) is 28.3 Å². The minimum atomic E-state index is 0.866. The fourth-order valence-electron chi connectivity index (χ4n) is 2.52. The molecule has 4 rings (SSSR count). The summed E-state index contributed by atoms with van der Waals surface area (Å²) in [5, 5.41) is 0. The maximum atomic E-state index is 4.83. The summed E-state index contributed by atoms with van der Waals surface area (Å²) in [5.41, 5.74) is 4.06. The second-order valence-corrected chi connectivity index (χ2v) is 4.82. The number of nitrogens with zero attached hydrogens (tertiary/aromatic N) is 3. The van der Waals surface area contributed by atoms with Crippen molar-refractivity contribution in [3.8, 4) is 22.8 Å². The zero-order valence-electron chi connectivity index (χ0n) is 11.3. The molecule has 100 valence electrons. The van der Waals surface area contributed by atoms with E-state index in [1.165, 1.54) is 0 Å². The van der Waals surface area contributed by atoms with E-state index in [2.05, 4.69) is 27.6 Å². The van der Waals surface area contributed by atoms with Gasteiger partial charge in [0.1, 0.15) is 5.69 Å². The zero-order chi connectivity index (χ0) is 14.1. The highest BCUT2D eigenvalue weighted by molar-refractivity contribution is 5.80. The van der Waals surface area contributed by atoms with Gasteiger partial charge in [-0.1, -0.05) is 42.5 Å². The van der Waals surface area contributed by atoms with Crippen LogP contribution in [0.2, 0.25) is 0 Å². The van der Waals surface area contributed by atoms with Crippen LogP contribution < -0.4 is 0 Å². The number of hydrogen-bond donors (Lipinski definition) is 0. The van der Waals surface area contributed by atoms with Crippen molar-refractivity contribution in [1.29, 1.82) is 0 Å². The van der Waals surface area contributed by atoms with Gasteiger partial charge < -0.3 is 0 Å². The third-order valence-corrected chi connectivity index (χ3v) is 3.49. The maximum absolute atomic E-state index is 4.83. The molecule has 0 fully saturated rings. The van der Waals surface area contributed by atoms with Crippen molar-refractivity contribution in [3.63, 3.8) is 0 Å². The van der Waals surface area contributed by atoms with Crippen LogP contribution in [0.1, 0.15) is 0 Å². The predicted octanol–water partition coefficient (Wildman–Crippen LogP) is 4.06. The fourth-order valence-corrected chi connectivity index (χ4v) is 2.52. The molecule has 0 atom stereocenters. The summed E-state index contributed by atoms with van der Waals surface area (Å²) in [5.74, 6) is 0.866. The quantitative estimate of drug-likeness (QED) is 0.550. The normalized spacial score (nSPS) is 10.9. The van der Waals surface area contributed by atoms with E-state index < -0.39 is 0 Å². The van der Waals surface area contributed by atoms with Crippen LogP contribution in [0.3, 0.4) is 0 Å². The molecule has 21 heavy (non-hydrogen) atoms. The number of imidazole rings is 1. The first-order chi connectivity index (χ1) is 10.4. The van der Waals surface area contributed by atoms with E-state index in [9.17, 15) is 0 Å². The van der Waals surface area contributed by atoms with Gasteiger partial charge in [0.15, 0.2) is 5.82 Å². The number of fused-ring (bicyclic) bond motifs is 1. The van der Waals surface area contributed by atoms with Gasteiger partial charge in [-0.3, -0.25) is 9.38 Å². The summed E-state index contributed by atoms with van der Waals surface area (Å²) in [4.78, 5) is 9.25. The summed E-state index contributed by atoms with van der Waals surface area (Å²) < 4.78 is 2.09. The van der Waals surface area contributed by atoms with Crippen LogP contribution in [0.4, 0.5) is 0 Å². The smallest absolute Gasteiger partial charge is 0.163 e. The van der Waals surface area contributed by atoms with Crippen molar-refractivity contribution in [2.24, 2.45) is 0 Å². The van der Waals surface area contributed by atoms with E-state index in [0.29, 0.717) is 0 Å². The molecule has 0 radical (unpaired) electrons. The Hall–Kier alpha value is -2.94. The van der Waals surface area contributed by atoms with Crippen LogP contribution in [-0.4, -0.2) is 14.4 Å². The van der Waals surface area contributed by atoms with Crippen molar-refractivity contribution in [2.75, 3.05) is 0 Å². The van der Waals surface area contributed by atoms with Crippen LogP contribution in [0, 0.1) is 0 Å². The summed E-state index contributed by atoms with van der Waals surface area (Å²) in [7, 11) is 0. The minimum absolute atomic E-state index is 0.866. The molecule has 0 saturated heterocycles. The Labute approximate surface area is 122 Å². The first-order valence-electron chi connectivity index (χ1n) is 6.87. The molecular formula is C18H13N3. The molecule has 3 heterocycles. The molecule has 3 nitrogen and oxygen atoms in total. The number of benzene rings is 1. The molecule has 0 aliphatic rings. The van der Waals surface area contributed by atoms with E-state index in [4.69, 9.17) is 4.98 Å². The topological polar surface area (TPSA) is 30.2 Å². The largest absolute Gasteiger partial charge is 0.298 e. The molecule has 4 aromatic rings. The molecule has 0 aliphatic heterocycles. The van der Waals surface area contributed by atoms with Crippen molar-refractivity contribution >= 4 is 5.52 Å². The highest BCUT2D eigenvalue weighted by atomic mass is 15.0. The molecule has 0 saturated carbocycles. The Bertz CT molecular complexity index is 807. The standard InChI is InChI=1S/C18H13N3/c1-2-8-14(9-3-1)17-16-11-5-7-13-21(16)18(20-17)15-10-4-6-12-19-15/h1-13H. The summed E-state index contributed by atoms with van der Waals surface area (Å²) >= 11 is 0. The molecule has 0 N–H and O–H groups in total. The van der Waals surface area contributed by atoms with Crippen LogP contribution in [0.15, 0.2) is 79.1 Å². The van der Waals surface area contributed by atoms with Crippen molar-refractivity contribution in [1.82, 2.24) is 14.4 Å². The number of aromatic nitrogens is 3. The number of rotatable bonds is 2. The van der Waals surface area contributed by atoms with Gasteiger partial charge >= 0.3 is 0 Å².